The molecule has 37 heavy (non-hydrogen) atoms. The first-order valence-electron chi connectivity index (χ1n) is 11.0. The number of aromatic nitrogens is 4. The molecule has 0 atom stereocenters. The molecular weight excluding hydrogens is 468 g/mol. The van der Waals surface area contributed by atoms with E-state index in [9.17, 15) is 30.6 Å². The molecule has 0 unspecified atom stereocenters. The molecule has 4 heterocycles. The van der Waals surface area contributed by atoms with Crippen molar-refractivity contribution in [3.8, 4) is 47.1 Å². The van der Waals surface area contributed by atoms with E-state index in [1.165, 1.54) is 4.57 Å². The largest absolute Gasteiger partial charge is 0.268 e. The van der Waals surface area contributed by atoms with Crippen LogP contribution in [0.5, 0.6) is 0 Å². The van der Waals surface area contributed by atoms with Crippen molar-refractivity contribution in [3.05, 3.63) is 81.4 Å². The SMILES string of the molecule is CC(C)(c1ccc2c(c1)C(=O)n1c-2nc(C#N)c1C#N)c1ccc2c(c1)-c1nc(C#N)c(C#N)n1C2=O. The van der Waals surface area contributed by atoms with Crippen LogP contribution in [0.2, 0.25) is 0 Å². The molecule has 0 amide bonds. The summed E-state index contributed by atoms with van der Waals surface area (Å²) in [6.07, 6.45) is 0. The zero-order valence-corrected chi connectivity index (χ0v) is 19.4. The fraction of sp³-hybridized carbons (Fsp3) is 0.111. The average Bonchev–Trinajstić information content (AvgIpc) is 3.62. The van der Waals surface area contributed by atoms with Gasteiger partial charge < -0.3 is 0 Å². The third-order valence-electron chi connectivity index (χ3n) is 7.01. The molecule has 0 radical (unpaired) electrons. The van der Waals surface area contributed by atoms with Crippen molar-refractivity contribution in [1.82, 2.24) is 19.1 Å². The number of fused-ring (bicyclic) bond motifs is 6. The molecule has 0 N–H and O–H groups in total. The predicted octanol–water partition coefficient (Wildman–Crippen LogP) is 3.23. The van der Waals surface area contributed by atoms with Crippen molar-refractivity contribution in [2.75, 3.05) is 0 Å². The lowest BCUT2D eigenvalue weighted by molar-refractivity contribution is 0.0960. The number of carbonyl (C=O) groups is 2. The van der Waals surface area contributed by atoms with Crippen LogP contribution in [-0.4, -0.2) is 30.9 Å². The number of imidazole rings is 2. The third-order valence-corrected chi connectivity index (χ3v) is 7.01. The van der Waals surface area contributed by atoms with Crippen molar-refractivity contribution in [2.45, 2.75) is 19.3 Å². The molecule has 2 aliphatic heterocycles. The maximum absolute atomic E-state index is 13.2. The van der Waals surface area contributed by atoms with E-state index in [-0.39, 0.29) is 34.4 Å². The monoisotopic (exact) mass is 480 g/mol. The Morgan fingerprint density at radius 3 is 1.62 bits per heavy atom. The van der Waals surface area contributed by atoms with Crippen molar-refractivity contribution in [1.29, 1.82) is 21.0 Å². The predicted molar refractivity (Wildman–Crippen MR) is 126 cm³/mol. The van der Waals surface area contributed by atoms with E-state index < -0.39 is 17.2 Å². The van der Waals surface area contributed by atoms with Crippen LogP contribution in [0.15, 0.2) is 36.4 Å². The third kappa shape index (κ3) is 2.59. The van der Waals surface area contributed by atoms with Gasteiger partial charge in [-0.25, -0.2) is 19.1 Å². The molecule has 6 rings (SSSR count). The summed E-state index contributed by atoms with van der Waals surface area (Å²) < 4.78 is 2.33. The van der Waals surface area contributed by atoms with E-state index in [4.69, 9.17) is 0 Å². The normalized spacial score (nSPS) is 12.6. The summed E-state index contributed by atoms with van der Waals surface area (Å²) in [4.78, 5) is 34.5. The molecule has 2 aromatic heterocycles. The molecule has 10 nitrogen and oxygen atoms in total. The van der Waals surface area contributed by atoms with E-state index in [0.717, 1.165) is 15.7 Å². The second kappa shape index (κ2) is 7.09. The average molecular weight is 480 g/mol. The zero-order valence-electron chi connectivity index (χ0n) is 19.4. The molecule has 2 aliphatic rings. The Labute approximate surface area is 209 Å². The van der Waals surface area contributed by atoms with Crippen molar-refractivity contribution < 1.29 is 9.59 Å². The lowest BCUT2D eigenvalue weighted by atomic mass is 9.76. The minimum Gasteiger partial charge on any atom is -0.268 e. The molecule has 0 saturated heterocycles. The van der Waals surface area contributed by atoms with Gasteiger partial charge in [0.25, 0.3) is 11.8 Å². The first-order chi connectivity index (χ1) is 17.8. The van der Waals surface area contributed by atoms with Gasteiger partial charge in [0.2, 0.25) is 0 Å². The fourth-order valence-electron chi connectivity index (χ4n) is 4.98. The van der Waals surface area contributed by atoms with Crippen molar-refractivity contribution >= 4 is 11.8 Å². The number of hydrogen-bond acceptors (Lipinski definition) is 8. The maximum atomic E-state index is 13.2. The molecule has 0 spiro atoms. The lowest BCUT2D eigenvalue weighted by Gasteiger charge is -2.27. The van der Waals surface area contributed by atoms with Gasteiger partial charge in [0.05, 0.1) is 11.1 Å². The zero-order chi connectivity index (χ0) is 26.2. The van der Waals surface area contributed by atoms with Crippen LogP contribution in [0.25, 0.3) is 22.8 Å². The summed E-state index contributed by atoms with van der Waals surface area (Å²) in [6.45, 7) is 3.93. The standard InChI is InChI=1S/C27H12N8O2/c1-27(2,13-4-6-16-17(7-13)24-33-20(10-29)22(12-31)35(24)25(16)36)14-3-5-15-18(8-14)26(37)34-21(11-30)19(9-28)32-23(15)34/h3-8H,1-2H3. The van der Waals surface area contributed by atoms with Gasteiger partial charge in [-0.05, 0) is 29.3 Å². The molecule has 4 aromatic rings. The number of carbonyl (C=O) groups excluding carboxylic acids is 2. The van der Waals surface area contributed by atoms with Crippen LogP contribution >= 0.6 is 0 Å². The molecule has 2 aromatic carbocycles. The number of benzene rings is 2. The van der Waals surface area contributed by atoms with E-state index in [0.29, 0.717) is 22.3 Å². The Morgan fingerprint density at radius 1 is 0.649 bits per heavy atom. The molecule has 0 bridgehead atoms. The Bertz CT molecular complexity index is 1940. The van der Waals surface area contributed by atoms with Gasteiger partial charge in [0.15, 0.2) is 34.4 Å². The van der Waals surface area contributed by atoms with E-state index >= 15 is 0 Å². The quantitative estimate of drug-likeness (QED) is 0.364. The number of hydrogen-bond donors (Lipinski definition) is 0. The van der Waals surface area contributed by atoms with Crippen LogP contribution in [0.3, 0.4) is 0 Å². The highest BCUT2D eigenvalue weighted by Crippen LogP contribution is 2.41. The van der Waals surface area contributed by atoms with Gasteiger partial charge in [-0.3, -0.25) is 9.59 Å². The van der Waals surface area contributed by atoms with Gasteiger partial charge in [-0.2, -0.15) is 21.0 Å². The summed E-state index contributed by atoms with van der Waals surface area (Å²) >= 11 is 0. The molecule has 0 fully saturated rings. The summed E-state index contributed by atoms with van der Waals surface area (Å²) in [5, 5.41) is 37.5. The van der Waals surface area contributed by atoms with Gasteiger partial charge in [0, 0.05) is 16.5 Å². The number of nitriles is 4. The summed E-state index contributed by atoms with van der Waals surface area (Å²) in [7, 11) is 0. The van der Waals surface area contributed by atoms with Crippen molar-refractivity contribution in [3.63, 3.8) is 0 Å². The highest BCUT2D eigenvalue weighted by molar-refractivity contribution is 6.10. The summed E-state index contributed by atoms with van der Waals surface area (Å²) in [5.41, 5.74) is 2.42. The first-order valence-corrected chi connectivity index (χ1v) is 11.0. The van der Waals surface area contributed by atoms with Crippen LogP contribution < -0.4 is 0 Å². The van der Waals surface area contributed by atoms with Crippen LogP contribution in [0.4, 0.5) is 0 Å². The van der Waals surface area contributed by atoms with Gasteiger partial charge in [-0.1, -0.05) is 32.0 Å². The maximum Gasteiger partial charge on any atom is 0.265 e. The first kappa shape index (κ1) is 21.7. The smallest absolute Gasteiger partial charge is 0.265 e. The minimum atomic E-state index is -0.635. The van der Waals surface area contributed by atoms with Gasteiger partial charge in [0.1, 0.15) is 24.3 Å². The Balaban J connectivity index is 1.46. The van der Waals surface area contributed by atoms with Gasteiger partial charge in [-0.15, -0.1) is 0 Å². The van der Waals surface area contributed by atoms with Crippen LogP contribution in [-0.2, 0) is 5.41 Å². The summed E-state index contributed by atoms with van der Waals surface area (Å²) in [6, 6.07) is 18.2. The second-order valence-electron chi connectivity index (χ2n) is 9.14. The fourth-order valence-corrected chi connectivity index (χ4v) is 4.98. The molecular formula is C27H12N8O2. The molecule has 0 saturated carbocycles. The Hall–Kier alpha value is -5.84. The minimum absolute atomic E-state index is 0.0909. The molecule has 172 valence electrons. The highest BCUT2D eigenvalue weighted by Gasteiger charge is 2.37. The van der Waals surface area contributed by atoms with E-state index in [2.05, 4.69) is 9.97 Å². The summed E-state index contributed by atoms with van der Waals surface area (Å²) in [5.74, 6) is -0.329. The molecule has 0 aliphatic carbocycles. The van der Waals surface area contributed by atoms with Crippen LogP contribution in [0.1, 0.15) is 68.5 Å². The number of rotatable bonds is 2. The van der Waals surface area contributed by atoms with Crippen molar-refractivity contribution in [2.24, 2.45) is 0 Å². The van der Waals surface area contributed by atoms with Gasteiger partial charge >= 0.3 is 0 Å². The number of nitrogens with zero attached hydrogens (tertiary/aromatic N) is 8. The second-order valence-corrected chi connectivity index (χ2v) is 9.14. The topological polar surface area (TPSA) is 165 Å². The van der Waals surface area contributed by atoms with Crippen LogP contribution in [0, 0.1) is 45.3 Å². The lowest BCUT2D eigenvalue weighted by Crippen LogP contribution is -2.20. The van der Waals surface area contributed by atoms with E-state index in [1.807, 2.05) is 56.3 Å². The Kier molecular flexibility index (Phi) is 4.15. The molecule has 10 heteroatoms. The highest BCUT2D eigenvalue weighted by atomic mass is 16.2. The van der Waals surface area contributed by atoms with E-state index in [1.54, 1.807) is 18.2 Å². The Morgan fingerprint density at radius 2 is 1.11 bits per heavy atom.